The molecule has 17 heavy (non-hydrogen) atoms. The predicted molar refractivity (Wildman–Crippen MR) is 72.3 cm³/mol. The Morgan fingerprint density at radius 3 is 2.76 bits per heavy atom. The number of nitrogens with two attached hydrogens (primary N) is 1. The van der Waals surface area contributed by atoms with Gasteiger partial charge in [-0.05, 0) is 26.2 Å². The second-order valence-corrected chi connectivity index (χ2v) is 5.05. The van der Waals surface area contributed by atoms with Gasteiger partial charge in [0.15, 0.2) is 5.82 Å². The lowest BCUT2D eigenvalue weighted by Crippen LogP contribution is -2.34. The molecule has 2 rings (SSSR count). The van der Waals surface area contributed by atoms with Crippen LogP contribution in [0.25, 0.3) is 0 Å². The quantitative estimate of drug-likeness (QED) is 0.857. The van der Waals surface area contributed by atoms with E-state index >= 15 is 0 Å². The number of rotatable bonds is 2. The highest BCUT2D eigenvalue weighted by Crippen LogP contribution is 2.30. The molecule has 0 aliphatic carbocycles. The standard InChI is InChI=1S/C13H24N4/c1-4-11-12(14)13(16(3)15-11)17-9-7-5-6-8-10(17)2/h10H,4-9,14H2,1-3H3. The van der Waals surface area contributed by atoms with Crippen molar-refractivity contribution in [1.82, 2.24) is 9.78 Å². The van der Waals surface area contributed by atoms with Gasteiger partial charge in [0.1, 0.15) is 0 Å². The van der Waals surface area contributed by atoms with Crippen LogP contribution in [0.1, 0.15) is 45.2 Å². The van der Waals surface area contributed by atoms with Crippen LogP contribution in [0.5, 0.6) is 0 Å². The molecule has 1 saturated heterocycles. The van der Waals surface area contributed by atoms with Crippen molar-refractivity contribution in [2.75, 3.05) is 17.2 Å². The Labute approximate surface area is 104 Å². The number of nitrogen functional groups attached to an aromatic ring is 1. The van der Waals surface area contributed by atoms with E-state index in [0.717, 1.165) is 30.2 Å². The van der Waals surface area contributed by atoms with Gasteiger partial charge in [0.2, 0.25) is 0 Å². The van der Waals surface area contributed by atoms with E-state index in [1.54, 1.807) is 0 Å². The highest BCUT2D eigenvalue weighted by molar-refractivity contribution is 5.67. The van der Waals surface area contributed by atoms with E-state index in [-0.39, 0.29) is 0 Å². The van der Waals surface area contributed by atoms with Gasteiger partial charge in [0.25, 0.3) is 0 Å². The van der Waals surface area contributed by atoms with E-state index < -0.39 is 0 Å². The minimum atomic E-state index is 0.569. The Hall–Kier alpha value is -1.19. The lowest BCUT2D eigenvalue weighted by Gasteiger charge is -2.29. The molecule has 0 spiro atoms. The molecular formula is C13H24N4. The molecule has 2 N–H and O–H groups in total. The zero-order valence-corrected chi connectivity index (χ0v) is 11.2. The lowest BCUT2D eigenvalue weighted by molar-refractivity contribution is 0.594. The van der Waals surface area contributed by atoms with Crippen molar-refractivity contribution in [3.63, 3.8) is 0 Å². The van der Waals surface area contributed by atoms with Crippen molar-refractivity contribution in [1.29, 1.82) is 0 Å². The molecule has 0 saturated carbocycles. The van der Waals surface area contributed by atoms with E-state index in [4.69, 9.17) is 5.73 Å². The molecule has 1 atom stereocenters. The minimum Gasteiger partial charge on any atom is -0.394 e. The minimum absolute atomic E-state index is 0.569. The number of aromatic nitrogens is 2. The Bertz CT molecular complexity index is 383. The highest BCUT2D eigenvalue weighted by atomic mass is 15.4. The monoisotopic (exact) mass is 236 g/mol. The Kier molecular flexibility index (Phi) is 3.60. The van der Waals surface area contributed by atoms with Crippen LogP contribution in [0, 0.1) is 0 Å². The first kappa shape index (κ1) is 12.3. The molecule has 0 amide bonds. The molecule has 4 nitrogen and oxygen atoms in total. The van der Waals surface area contributed by atoms with Crippen LogP contribution in [0.4, 0.5) is 11.5 Å². The summed E-state index contributed by atoms with van der Waals surface area (Å²) in [6.45, 7) is 5.51. The zero-order valence-electron chi connectivity index (χ0n) is 11.2. The maximum Gasteiger partial charge on any atom is 0.150 e. The number of aryl methyl sites for hydroxylation is 2. The van der Waals surface area contributed by atoms with Crippen molar-refractivity contribution < 1.29 is 0 Å². The van der Waals surface area contributed by atoms with Gasteiger partial charge in [-0.2, -0.15) is 5.10 Å². The second kappa shape index (κ2) is 4.98. The first-order valence-electron chi connectivity index (χ1n) is 6.73. The molecule has 1 fully saturated rings. The van der Waals surface area contributed by atoms with E-state index in [2.05, 4.69) is 23.8 Å². The number of nitrogens with zero attached hydrogens (tertiary/aromatic N) is 3. The van der Waals surface area contributed by atoms with E-state index in [1.165, 1.54) is 25.7 Å². The number of hydrogen-bond acceptors (Lipinski definition) is 3. The fourth-order valence-electron chi connectivity index (χ4n) is 2.78. The van der Waals surface area contributed by atoms with Crippen LogP contribution in [-0.2, 0) is 13.5 Å². The summed E-state index contributed by atoms with van der Waals surface area (Å²) in [5.41, 5.74) is 8.14. The third kappa shape index (κ3) is 2.26. The average molecular weight is 236 g/mol. The number of hydrogen-bond donors (Lipinski definition) is 1. The fraction of sp³-hybridized carbons (Fsp3) is 0.769. The molecule has 1 aliphatic rings. The smallest absolute Gasteiger partial charge is 0.150 e. The maximum atomic E-state index is 6.23. The van der Waals surface area contributed by atoms with Crippen LogP contribution in [0.3, 0.4) is 0 Å². The average Bonchev–Trinajstić information content (AvgIpc) is 2.48. The van der Waals surface area contributed by atoms with Crippen molar-refractivity contribution in [2.45, 2.75) is 52.0 Å². The van der Waals surface area contributed by atoms with Gasteiger partial charge >= 0.3 is 0 Å². The molecule has 2 heterocycles. The van der Waals surface area contributed by atoms with Crippen LogP contribution >= 0.6 is 0 Å². The summed E-state index contributed by atoms with van der Waals surface area (Å²) >= 11 is 0. The van der Waals surface area contributed by atoms with Gasteiger partial charge in [-0.1, -0.05) is 19.8 Å². The van der Waals surface area contributed by atoms with Crippen molar-refractivity contribution >= 4 is 11.5 Å². The summed E-state index contributed by atoms with van der Waals surface area (Å²) in [4.78, 5) is 2.44. The van der Waals surface area contributed by atoms with E-state index in [0.29, 0.717) is 6.04 Å². The maximum absolute atomic E-state index is 6.23. The second-order valence-electron chi connectivity index (χ2n) is 5.05. The molecule has 1 aliphatic heterocycles. The molecule has 4 heteroatoms. The molecule has 0 radical (unpaired) electrons. The summed E-state index contributed by atoms with van der Waals surface area (Å²) < 4.78 is 1.95. The van der Waals surface area contributed by atoms with Gasteiger partial charge in [0.05, 0.1) is 11.4 Å². The highest BCUT2D eigenvalue weighted by Gasteiger charge is 2.23. The Morgan fingerprint density at radius 1 is 1.35 bits per heavy atom. The molecule has 96 valence electrons. The molecule has 1 aromatic rings. The van der Waals surface area contributed by atoms with Gasteiger partial charge < -0.3 is 10.6 Å². The Balaban J connectivity index is 2.34. The zero-order chi connectivity index (χ0) is 12.4. The molecule has 1 aromatic heterocycles. The van der Waals surface area contributed by atoms with Gasteiger partial charge in [-0.15, -0.1) is 0 Å². The van der Waals surface area contributed by atoms with Crippen molar-refractivity contribution in [3.8, 4) is 0 Å². The summed E-state index contributed by atoms with van der Waals surface area (Å²) in [5, 5.41) is 4.52. The number of anilines is 2. The SMILES string of the molecule is CCc1nn(C)c(N2CCCCCC2C)c1N. The van der Waals surface area contributed by atoms with Crippen LogP contribution in [0.2, 0.25) is 0 Å². The normalized spacial score (nSPS) is 21.6. The van der Waals surface area contributed by atoms with E-state index in [1.807, 2.05) is 11.7 Å². The summed E-state index contributed by atoms with van der Waals surface area (Å²) in [6, 6.07) is 0.569. The molecular weight excluding hydrogens is 212 g/mol. The van der Waals surface area contributed by atoms with Crippen LogP contribution in [-0.4, -0.2) is 22.4 Å². The first-order chi connectivity index (χ1) is 8.15. The fourth-order valence-corrected chi connectivity index (χ4v) is 2.78. The largest absolute Gasteiger partial charge is 0.394 e. The summed E-state index contributed by atoms with van der Waals surface area (Å²) in [5.74, 6) is 1.12. The lowest BCUT2D eigenvalue weighted by atomic mass is 10.1. The van der Waals surface area contributed by atoms with Crippen LogP contribution in [0.15, 0.2) is 0 Å². The molecule has 1 unspecified atom stereocenters. The van der Waals surface area contributed by atoms with E-state index in [9.17, 15) is 0 Å². The predicted octanol–water partition coefficient (Wildman–Crippen LogP) is 2.33. The Morgan fingerprint density at radius 2 is 2.12 bits per heavy atom. The third-order valence-electron chi connectivity index (χ3n) is 3.79. The van der Waals surface area contributed by atoms with Crippen molar-refractivity contribution in [2.24, 2.45) is 7.05 Å². The van der Waals surface area contributed by atoms with Gasteiger partial charge in [-0.3, -0.25) is 4.68 Å². The first-order valence-corrected chi connectivity index (χ1v) is 6.73. The molecule has 0 aromatic carbocycles. The molecule has 0 bridgehead atoms. The van der Waals surface area contributed by atoms with Crippen LogP contribution < -0.4 is 10.6 Å². The topological polar surface area (TPSA) is 47.1 Å². The van der Waals surface area contributed by atoms with Gasteiger partial charge in [-0.25, -0.2) is 0 Å². The summed E-state index contributed by atoms with van der Waals surface area (Å²) in [7, 11) is 2.00. The van der Waals surface area contributed by atoms with Crippen molar-refractivity contribution in [3.05, 3.63) is 5.69 Å². The third-order valence-corrected chi connectivity index (χ3v) is 3.79. The summed E-state index contributed by atoms with van der Waals surface area (Å²) in [6.07, 6.45) is 6.08. The van der Waals surface area contributed by atoms with Gasteiger partial charge in [0, 0.05) is 19.6 Å².